The first-order chi connectivity index (χ1) is 14.5. The van der Waals surface area contributed by atoms with Gasteiger partial charge in [0.2, 0.25) is 5.91 Å². The zero-order chi connectivity index (χ0) is 21.1. The van der Waals surface area contributed by atoms with Crippen molar-refractivity contribution in [1.29, 1.82) is 0 Å². The van der Waals surface area contributed by atoms with Gasteiger partial charge in [0.25, 0.3) is 0 Å². The van der Waals surface area contributed by atoms with Gasteiger partial charge in [0.15, 0.2) is 5.78 Å². The Labute approximate surface area is 180 Å². The fourth-order valence-corrected chi connectivity index (χ4v) is 3.65. The molecule has 0 aliphatic carbocycles. The Morgan fingerprint density at radius 2 is 1.63 bits per heavy atom. The maximum Gasteiger partial charge on any atom is 0.240 e. The Morgan fingerprint density at radius 3 is 2.40 bits per heavy atom. The zero-order valence-corrected chi connectivity index (χ0v) is 17.3. The Balaban J connectivity index is 1.57. The molecule has 0 saturated carbocycles. The summed E-state index contributed by atoms with van der Waals surface area (Å²) in [5.74, 6) is -0.202. The lowest BCUT2D eigenvalue weighted by molar-refractivity contribution is -0.121. The second-order valence-electron chi connectivity index (χ2n) is 7.23. The highest BCUT2D eigenvalue weighted by Gasteiger charge is 2.17. The largest absolute Gasteiger partial charge is 0.350 e. The summed E-state index contributed by atoms with van der Waals surface area (Å²) in [4.78, 5) is 25.7. The minimum Gasteiger partial charge on any atom is -0.350 e. The smallest absolute Gasteiger partial charge is 0.240 e. The average molecular weight is 417 g/mol. The number of para-hydroxylation sites is 1. The van der Waals surface area contributed by atoms with Crippen LogP contribution in [0.15, 0.2) is 79.0 Å². The highest BCUT2D eigenvalue weighted by atomic mass is 35.5. The number of ketones is 1. The molecule has 0 spiro atoms. The molecule has 1 heterocycles. The molecule has 0 fully saturated rings. The number of carbonyl (C=O) groups excluding carboxylic acids is 2. The fourth-order valence-electron chi connectivity index (χ4n) is 3.53. The van der Waals surface area contributed by atoms with E-state index in [0.717, 1.165) is 22.0 Å². The Morgan fingerprint density at radius 1 is 0.933 bits per heavy atom. The molecular formula is C25H21ClN2O2. The topological polar surface area (TPSA) is 51.1 Å². The molecule has 0 unspecified atom stereocenters. The number of nitrogens with zero attached hydrogens (tertiary/aromatic N) is 1. The number of amides is 1. The molecular weight excluding hydrogens is 396 g/mol. The molecule has 0 bridgehead atoms. The number of aromatic nitrogens is 1. The van der Waals surface area contributed by atoms with Gasteiger partial charge in [-0.1, -0.05) is 54.1 Å². The van der Waals surface area contributed by atoms with Crippen LogP contribution in [0.3, 0.4) is 0 Å². The van der Waals surface area contributed by atoms with Crippen molar-refractivity contribution in [2.75, 3.05) is 0 Å². The molecule has 5 heteroatoms. The van der Waals surface area contributed by atoms with Crippen molar-refractivity contribution in [3.63, 3.8) is 0 Å². The first-order valence-corrected chi connectivity index (χ1v) is 10.1. The molecule has 4 nitrogen and oxygen atoms in total. The monoisotopic (exact) mass is 416 g/mol. The summed E-state index contributed by atoms with van der Waals surface area (Å²) in [6, 6.07) is 22.4. The van der Waals surface area contributed by atoms with Crippen molar-refractivity contribution in [3.05, 3.63) is 106 Å². The minimum atomic E-state index is -0.107. The quantitative estimate of drug-likeness (QED) is 0.442. The number of fused-ring (bicyclic) bond motifs is 1. The second kappa shape index (κ2) is 8.56. The van der Waals surface area contributed by atoms with Crippen molar-refractivity contribution < 1.29 is 9.59 Å². The van der Waals surface area contributed by atoms with Gasteiger partial charge in [0, 0.05) is 39.8 Å². The molecule has 0 aliphatic rings. The van der Waals surface area contributed by atoms with Crippen molar-refractivity contribution in [2.24, 2.45) is 0 Å². The van der Waals surface area contributed by atoms with E-state index in [1.165, 1.54) is 0 Å². The number of nitrogens with one attached hydrogen (secondary N) is 1. The van der Waals surface area contributed by atoms with Crippen LogP contribution in [-0.4, -0.2) is 16.3 Å². The molecule has 0 radical (unpaired) electrons. The molecule has 4 rings (SSSR count). The maximum absolute atomic E-state index is 13.1. The number of hydrogen-bond acceptors (Lipinski definition) is 2. The van der Waals surface area contributed by atoms with Gasteiger partial charge in [0.05, 0.1) is 0 Å². The molecule has 0 saturated heterocycles. The number of carbonyl (C=O) groups is 2. The van der Waals surface area contributed by atoms with Crippen LogP contribution < -0.4 is 5.32 Å². The van der Waals surface area contributed by atoms with E-state index in [9.17, 15) is 9.59 Å². The molecule has 1 N–H and O–H groups in total. The third-order valence-electron chi connectivity index (χ3n) is 5.19. The lowest BCUT2D eigenvalue weighted by atomic mass is 10.0. The average Bonchev–Trinajstić information content (AvgIpc) is 3.12. The molecule has 3 aromatic carbocycles. The van der Waals surface area contributed by atoms with E-state index in [2.05, 4.69) is 5.32 Å². The predicted octanol–water partition coefficient (Wildman–Crippen LogP) is 5.15. The molecule has 150 valence electrons. The van der Waals surface area contributed by atoms with Gasteiger partial charge >= 0.3 is 0 Å². The third kappa shape index (κ3) is 4.14. The number of rotatable bonds is 6. The van der Waals surface area contributed by atoms with Crippen LogP contribution in [0.4, 0.5) is 0 Å². The fraction of sp³-hybridized carbons (Fsp3) is 0.120. The van der Waals surface area contributed by atoms with Gasteiger partial charge in [-0.15, -0.1) is 0 Å². The van der Waals surface area contributed by atoms with E-state index < -0.39 is 0 Å². The summed E-state index contributed by atoms with van der Waals surface area (Å²) in [5, 5.41) is 4.38. The summed E-state index contributed by atoms with van der Waals surface area (Å²) in [7, 11) is 0. The van der Waals surface area contributed by atoms with Gasteiger partial charge < -0.3 is 9.88 Å². The van der Waals surface area contributed by atoms with E-state index in [1.807, 2.05) is 60.0 Å². The first-order valence-electron chi connectivity index (χ1n) is 9.72. The summed E-state index contributed by atoms with van der Waals surface area (Å²) in [6.07, 6.45) is 1.76. The Hall–Kier alpha value is -3.37. The van der Waals surface area contributed by atoms with E-state index >= 15 is 0 Å². The summed E-state index contributed by atoms with van der Waals surface area (Å²) < 4.78 is 1.83. The lowest BCUT2D eigenvalue weighted by Gasteiger charge is -2.09. The van der Waals surface area contributed by atoms with Crippen molar-refractivity contribution in [3.8, 4) is 0 Å². The second-order valence-corrected chi connectivity index (χ2v) is 7.66. The van der Waals surface area contributed by atoms with Crippen LogP contribution >= 0.6 is 11.6 Å². The molecule has 1 amide bonds. The number of aryl methyl sites for hydroxylation is 1. The van der Waals surface area contributed by atoms with Crippen LogP contribution in [0.25, 0.3) is 10.9 Å². The molecule has 0 atom stereocenters. The van der Waals surface area contributed by atoms with Crippen LogP contribution in [0, 0.1) is 6.92 Å². The number of halogens is 1. The SMILES string of the molecule is Cc1ccccc1CNC(=O)Cn1cc(C(=O)c2ccc(Cl)cc2)c2ccccc21. The Bertz CT molecular complexity index is 1230. The van der Waals surface area contributed by atoms with Crippen LogP contribution in [-0.2, 0) is 17.9 Å². The maximum atomic E-state index is 13.1. The van der Waals surface area contributed by atoms with E-state index in [4.69, 9.17) is 11.6 Å². The van der Waals surface area contributed by atoms with Gasteiger partial charge in [-0.05, 0) is 48.4 Å². The van der Waals surface area contributed by atoms with Crippen LogP contribution in [0.2, 0.25) is 5.02 Å². The van der Waals surface area contributed by atoms with Crippen molar-refractivity contribution in [2.45, 2.75) is 20.0 Å². The van der Waals surface area contributed by atoms with Gasteiger partial charge in [0.1, 0.15) is 6.54 Å². The summed E-state index contributed by atoms with van der Waals surface area (Å²) in [5.41, 5.74) is 4.20. The van der Waals surface area contributed by atoms with E-state index in [1.54, 1.807) is 30.5 Å². The van der Waals surface area contributed by atoms with Crippen molar-refractivity contribution in [1.82, 2.24) is 9.88 Å². The standard InChI is InChI=1S/C25H21ClN2O2/c1-17-6-2-3-7-19(17)14-27-24(29)16-28-15-22(21-8-4-5-9-23(21)28)25(30)18-10-12-20(26)13-11-18/h2-13,15H,14,16H2,1H3,(H,27,29). The van der Waals surface area contributed by atoms with Crippen molar-refractivity contribution >= 4 is 34.2 Å². The van der Waals surface area contributed by atoms with Crippen LogP contribution in [0.1, 0.15) is 27.0 Å². The highest BCUT2D eigenvalue weighted by Crippen LogP contribution is 2.24. The third-order valence-corrected chi connectivity index (χ3v) is 5.44. The minimum absolute atomic E-state index is 0.0954. The highest BCUT2D eigenvalue weighted by molar-refractivity contribution is 6.30. The summed E-state index contributed by atoms with van der Waals surface area (Å²) in [6.45, 7) is 2.64. The first kappa shape index (κ1) is 19.9. The van der Waals surface area contributed by atoms with Gasteiger partial charge in [-0.25, -0.2) is 0 Å². The van der Waals surface area contributed by atoms with Crippen LogP contribution in [0.5, 0.6) is 0 Å². The molecule has 1 aromatic heterocycles. The Kier molecular flexibility index (Phi) is 5.68. The predicted molar refractivity (Wildman–Crippen MR) is 120 cm³/mol. The van der Waals surface area contributed by atoms with Gasteiger partial charge in [-0.3, -0.25) is 9.59 Å². The number of hydrogen-bond donors (Lipinski definition) is 1. The summed E-state index contributed by atoms with van der Waals surface area (Å²) >= 11 is 5.94. The molecule has 30 heavy (non-hydrogen) atoms. The molecule has 4 aromatic rings. The van der Waals surface area contributed by atoms with Gasteiger partial charge in [-0.2, -0.15) is 0 Å². The molecule has 0 aliphatic heterocycles. The zero-order valence-electron chi connectivity index (χ0n) is 16.6. The van der Waals surface area contributed by atoms with E-state index in [-0.39, 0.29) is 18.2 Å². The van der Waals surface area contributed by atoms with E-state index in [0.29, 0.717) is 22.7 Å². The number of benzene rings is 3. The normalized spacial score (nSPS) is 10.9. The lowest BCUT2D eigenvalue weighted by Crippen LogP contribution is -2.27.